The first-order valence-corrected chi connectivity index (χ1v) is 13.1. The number of nitrogens with one attached hydrogen (secondary N) is 1. The molecule has 170 valence electrons. The number of cyclic esters (lactones) is 1. The van der Waals surface area contributed by atoms with Gasteiger partial charge in [0.15, 0.2) is 0 Å². The van der Waals surface area contributed by atoms with Gasteiger partial charge >= 0.3 is 6.09 Å². The number of hydrogen-bond donors (Lipinski definition) is 1. The zero-order valence-electron chi connectivity index (χ0n) is 17.8. The summed E-state index contributed by atoms with van der Waals surface area (Å²) in [5, 5.41) is 2.75. The van der Waals surface area contributed by atoms with Gasteiger partial charge in [-0.3, -0.25) is 5.32 Å². The first-order chi connectivity index (χ1) is 15.9. The third-order valence-corrected chi connectivity index (χ3v) is 8.91. The van der Waals surface area contributed by atoms with Crippen LogP contribution in [0.15, 0.2) is 76.1 Å². The standard InChI is InChI=1S/C25H23BrN2O4S/c26-23-14-20-16-32-25(29)27-24(20)15-22(23)19-10-12-28(13-11-19)33(30,31)21-8-6-18(7-9-21)17-4-2-1-3-5-17/h1-9,14-15,19H,10-13,16H2,(H,27,29). The van der Waals surface area contributed by atoms with Gasteiger partial charge in [0, 0.05) is 23.1 Å². The Labute approximate surface area is 201 Å². The minimum atomic E-state index is -3.55. The second-order valence-corrected chi connectivity index (χ2v) is 11.1. The van der Waals surface area contributed by atoms with Gasteiger partial charge in [-0.25, -0.2) is 13.2 Å². The molecule has 1 N–H and O–H groups in total. The highest BCUT2D eigenvalue weighted by molar-refractivity contribution is 9.10. The lowest BCUT2D eigenvalue weighted by Crippen LogP contribution is -2.38. The van der Waals surface area contributed by atoms with E-state index in [1.807, 2.05) is 54.6 Å². The monoisotopic (exact) mass is 526 g/mol. The summed E-state index contributed by atoms with van der Waals surface area (Å²) in [6.45, 7) is 1.15. The summed E-state index contributed by atoms with van der Waals surface area (Å²) in [4.78, 5) is 11.9. The van der Waals surface area contributed by atoms with E-state index in [0.29, 0.717) is 30.8 Å². The Bertz CT molecular complexity index is 1290. The SMILES string of the molecule is O=C1Nc2cc(C3CCN(S(=O)(=O)c4ccc(-c5ccccc5)cc4)CC3)c(Br)cc2CO1. The topological polar surface area (TPSA) is 75.7 Å². The number of halogens is 1. The first-order valence-electron chi connectivity index (χ1n) is 10.8. The predicted molar refractivity (Wildman–Crippen MR) is 131 cm³/mol. The second-order valence-electron chi connectivity index (χ2n) is 8.30. The number of fused-ring (bicyclic) bond motifs is 1. The minimum Gasteiger partial charge on any atom is -0.444 e. The molecule has 1 saturated heterocycles. The summed E-state index contributed by atoms with van der Waals surface area (Å²) in [6.07, 6.45) is 0.974. The average molecular weight is 527 g/mol. The van der Waals surface area contributed by atoms with E-state index in [2.05, 4.69) is 21.2 Å². The van der Waals surface area contributed by atoms with Crippen molar-refractivity contribution < 1.29 is 17.9 Å². The van der Waals surface area contributed by atoms with Crippen LogP contribution in [0, 0.1) is 0 Å². The fourth-order valence-corrected chi connectivity index (χ4v) is 6.66. The maximum absolute atomic E-state index is 13.2. The summed E-state index contributed by atoms with van der Waals surface area (Å²) in [5.41, 5.74) is 4.81. The number of ether oxygens (including phenoxy) is 1. The van der Waals surface area contributed by atoms with Gasteiger partial charge in [-0.2, -0.15) is 4.31 Å². The van der Waals surface area contributed by atoms with Crippen molar-refractivity contribution in [1.29, 1.82) is 0 Å². The van der Waals surface area contributed by atoms with Crippen LogP contribution in [0.3, 0.4) is 0 Å². The molecule has 2 aliphatic rings. The number of benzene rings is 3. The highest BCUT2D eigenvalue weighted by Crippen LogP contribution is 2.38. The van der Waals surface area contributed by atoms with Crippen molar-refractivity contribution >= 4 is 37.7 Å². The molecule has 0 spiro atoms. The quantitative estimate of drug-likeness (QED) is 0.469. The highest BCUT2D eigenvalue weighted by atomic mass is 79.9. The zero-order chi connectivity index (χ0) is 23.0. The van der Waals surface area contributed by atoms with Crippen molar-refractivity contribution in [3.05, 3.63) is 82.3 Å². The molecular weight excluding hydrogens is 504 g/mol. The highest BCUT2D eigenvalue weighted by Gasteiger charge is 2.31. The molecule has 5 rings (SSSR count). The van der Waals surface area contributed by atoms with Gasteiger partial charge in [-0.15, -0.1) is 0 Å². The van der Waals surface area contributed by atoms with Crippen LogP contribution in [0.4, 0.5) is 10.5 Å². The van der Waals surface area contributed by atoms with Gasteiger partial charge in [0.25, 0.3) is 0 Å². The molecule has 2 heterocycles. The molecule has 6 nitrogen and oxygen atoms in total. The number of hydrogen-bond acceptors (Lipinski definition) is 4. The maximum atomic E-state index is 13.2. The third kappa shape index (κ3) is 4.43. The van der Waals surface area contributed by atoms with Gasteiger partial charge in [0.05, 0.1) is 10.6 Å². The van der Waals surface area contributed by atoms with Crippen LogP contribution in [0.25, 0.3) is 11.1 Å². The molecule has 0 unspecified atom stereocenters. The Morgan fingerprint density at radius 2 is 1.61 bits per heavy atom. The molecule has 3 aromatic rings. The minimum absolute atomic E-state index is 0.205. The Kier molecular flexibility index (Phi) is 5.99. The number of amides is 1. The summed E-state index contributed by atoms with van der Waals surface area (Å²) in [5.74, 6) is 0.205. The van der Waals surface area contributed by atoms with Gasteiger partial charge in [-0.1, -0.05) is 58.4 Å². The molecule has 0 bridgehead atoms. The first kappa shape index (κ1) is 22.1. The van der Waals surface area contributed by atoms with Crippen molar-refractivity contribution in [3.63, 3.8) is 0 Å². The molecule has 0 saturated carbocycles. The largest absolute Gasteiger partial charge is 0.444 e. The van der Waals surface area contributed by atoms with E-state index in [-0.39, 0.29) is 12.5 Å². The fraction of sp³-hybridized carbons (Fsp3) is 0.240. The maximum Gasteiger partial charge on any atom is 0.411 e. The Hall–Kier alpha value is -2.68. The van der Waals surface area contributed by atoms with Gasteiger partial charge in [0.2, 0.25) is 10.0 Å². The van der Waals surface area contributed by atoms with Crippen molar-refractivity contribution in [2.24, 2.45) is 0 Å². The Morgan fingerprint density at radius 1 is 0.939 bits per heavy atom. The summed E-state index contributed by atoms with van der Waals surface area (Å²) >= 11 is 3.64. The molecule has 8 heteroatoms. The third-order valence-electron chi connectivity index (χ3n) is 6.31. The summed E-state index contributed by atoms with van der Waals surface area (Å²) in [6, 6.07) is 21.0. The van der Waals surface area contributed by atoms with E-state index < -0.39 is 16.1 Å². The Balaban J connectivity index is 1.30. The van der Waals surface area contributed by atoms with Crippen molar-refractivity contribution in [2.45, 2.75) is 30.3 Å². The number of anilines is 1. The van der Waals surface area contributed by atoms with E-state index in [4.69, 9.17) is 4.74 Å². The van der Waals surface area contributed by atoms with E-state index in [1.54, 1.807) is 16.4 Å². The number of nitrogens with zero attached hydrogens (tertiary/aromatic N) is 1. The number of carbonyl (C=O) groups excluding carboxylic acids is 1. The van der Waals surface area contributed by atoms with Crippen LogP contribution in [0.1, 0.15) is 29.9 Å². The van der Waals surface area contributed by atoms with Crippen LogP contribution in [-0.4, -0.2) is 31.9 Å². The predicted octanol–water partition coefficient (Wildman–Crippen LogP) is 5.75. The molecular formula is C25H23BrN2O4S. The smallest absolute Gasteiger partial charge is 0.411 e. The van der Waals surface area contributed by atoms with Gasteiger partial charge < -0.3 is 4.74 Å². The number of sulfonamides is 1. The normalized spacial score (nSPS) is 17.2. The molecule has 0 radical (unpaired) electrons. The van der Waals surface area contributed by atoms with Crippen molar-refractivity contribution in [1.82, 2.24) is 4.31 Å². The molecule has 3 aromatic carbocycles. The summed E-state index contributed by atoms with van der Waals surface area (Å²) in [7, 11) is -3.55. The number of piperidine rings is 1. The van der Waals surface area contributed by atoms with Gasteiger partial charge in [-0.05, 0) is 59.7 Å². The Morgan fingerprint density at radius 3 is 2.30 bits per heavy atom. The fourth-order valence-electron chi connectivity index (χ4n) is 4.48. The lowest BCUT2D eigenvalue weighted by atomic mass is 9.89. The number of carbonyl (C=O) groups is 1. The van der Waals surface area contributed by atoms with Crippen LogP contribution in [0.5, 0.6) is 0 Å². The molecule has 33 heavy (non-hydrogen) atoms. The van der Waals surface area contributed by atoms with Crippen LogP contribution in [-0.2, 0) is 21.4 Å². The lowest BCUT2D eigenvalue weighted by molar-refractivity contribution is 0.151. The van der Waals surface area contributed by atoms with Crippen LogP contribution >= 0.6 is 15.9 Å². The van der Waals surface area contributed by atoms with Crippen LogP contribution in [0.2, 0.25) is 0 Å². The molecule has 1 fully saturated rings. The molecule has 0 aromatic heterocycles. The van der Waals surface area contributed by atoms with Gasteiger partial charge in [0.1, 0.15) is 6.61 Å². The van der Waals surface area contributed by atoms with E-state index in [9.17, 15) is 13.2 Å². The summed E-state index contributed by atoms with van der Waals surface area (Å²) < 4.78 is 34.0. The van der Waals surface area contributed by atoms with E-state index in [0.717, 1.165) is 32.4 Å². The molecule has 1 amide bonds. The number of rotatable bonds is 4. The van der Waals surface area contributed by atoms with E-state index in [1.165, 1.54) is 0 Å². The lowest BCUT2D eigenvalue weighted by Gasteiger charge is -2.32. The van der Waals surface area contributed by atoms with E-state index >= 15 is 0 Å². The zero-order valence-corrected chi connectivity index (χ0v) is 20.2. The molecule has 2 aliphatic heterocycles. The van der Waals surface area contributed by atoms with Crippen molar-refractivity contribution in [2.75, 3.05) is 18.4 Å². The average Bonchev–Trinajstić information content (AvgIpc) is 2.84. The molecule has 0 aliphatic carbocycles. The molecule has 0 atom stereocenters. The van der Waals surface area contributed by atoms with Crippen molar-refractivity contribution in [3.8, 4) is 11.1 Å². The second kappa shape index (κ2) is 8.93. The van der Waals surface area contributed by atoms with Crippen LogP contribution < -0.4 is 5.32 Å².